The van der Waals surface area contributed by atoms with Gasteiger partial charge in [0.05, 0.1) is 5.69 Å². The molecule has 0 aliphatic heterocycles. The summed E-state index contributed by atoms with van der Waals surface area (Å²) < 4.78 is 13.3. The molecule has 0 amide bonds. The van der Waals surface area contributed by atoms with Gasteiger partial charge in [0.1, 0.15) is 16.7 Å². The Morgan fingerprint density at radius 2 is 1.09 bits per heavy atom. The number of fused-ring (bicyclic) bond motifs is 8. The van der Waals surface area contributed by atoms with E-state index in [0.717, 1.165) is 93.9 Å². The summed E-state index contributed by atoms with van der Waals surface area (Å²) in [5.74, 6) is 0.610. The van der Waals surface area contributed by atoms with E-state index in [1.54, 1.807) is 0 Å². The molecule has 0 atom stereocenters. The van der Waals surface area contributed by atoms with Crippen LogP contribution in [0.4, 0.5) is 17.1 Å². The Bertz CT molecular complexity index is 3200. The van der Waals surface area contributed by atoms with Crippen molar-refractivity contribution in [3.8, 4) is 33.7 Å². The van der Waals surface area contributed by atoms with Gasteiger partial charge in [0.15, 0.2) is 5.58 Å². The van der Waals surface area contributed by atoms with E-state index in [-0.39, 0.29) is 0 Å². The highest BCUT2D eigenvalue weighted by Gasteiger charge is 2.22. The average molecular weight is 705 g/mol. The van der Waals surface area contributed by atoms with Crippen LogP contribution in [0.3, 0.4) is 0 Å². The molecule has 0 aliphatic carbocycles. The fraction of sp³-hybridized carbons (Fsp3) is 0. The van der Waals surface area contributed by atoms with Gasteiger partial charge in [0.2, 0.25) is 5.89 Å². The van der Waals surface area contributed by atoms with Crippen LogP contribution >= 0.6 is 0 Å². The topological polar surface area (TPSA) is 42.4 Å². The number of furan rings is 1. The number of aromatic nitrogens is 1. The maximum atomic E-state index is 6.70. The number of para-hydroxylation sites is 4. The molecule has 2 heterocycles. The van der Waals surface area contributed by atoms with Crippen LogP contribution in [-0.2, 0) is 0 Å². The van der Waals surface area contributed by atoms with Crippen molar-refractivity contribution in [3.63, 3.8) is 0 Å². The first-order valence-electron chi connectivity index (χ1n) is 18.5. The molecule has 9 aromatic carbocycles. The Morgan fingerprint density at radius 3 is 1.93 bits per heavy atom. The zero-order valence-corrected chi connectivity index (χ0v) is 29.7. The second-order valence-corrected chi connectivity index (χ2v) is 13.9. The Balaban J connectivity index is 1.19. The van der Waals surface area contributed by atoms with Crippen LogP contribution in [0.1, 0.15) is 0 Å². The van der Waals surface area contributed by atoms with E-state index in [1.807, 2.05) is 42.5 Å². The van der Waals surface area contributed by atoms with Crippen LogP contribution in [0.2, 0.25) is 0 Å². The summed E-state index contributed by atoms with van der Waals surface area (Å²) in [4.78, 5) is 7.33. The van der Waals surface area contributed by atoms with E-state index in [2.05, 4.69) is 157 Å². The van der Waals surface area contributed by atoms with E-state index in [0.29, 0.717) is 5.89 Å². The Hall–Kier alpha value is -7.43. The summed E-state index contributed by atoms with van der Waals surface area (Å²) in [6, 6.07) is 68.0. The molecule has 0 spiro atoms. The monoisotopic (exact) mass is 704 g/mol. The minimum Gasteiger partial charge on any atom is -0.455 e. The lowest BCUT2D eigenvalue weighted by Gasteiger charge is -2.28. The van der Waals surface area contributed by atoms with E-state index in [9.17, 15) is 0 Å². The summed E-state index contributed by atoms with van der Waals surface area (Å²) >= 11 is 0. The number of rotatable bonds is 6. The fourth-order valence-corrected chi connectivity index (χ4v) is 8.17. The SMILES string of the molecule is c1ccc(-c2nc3ccc4cc(-c5ccccc5)c5ccc(N(c6ccccc6)c6ccccc6-c6cccc7c6oc6ccccc67)cc5c4c3o2)cc1. The van der Waals surface area contributed by atoms with Crippen LogP contribution in [-0.4, -0.2) is 4.98 Å². The van der Waals surface area contributed by atoms with E-state index in [1.165, 1.54) is 5.56 Å². The summed E-state index contributed by atoms with van der Waals surface area (Å²) in [5.41, 5.74) is 11.9. The molecule has 0 aliphatic rings. The lowest BCUT2D eigenvalue weighted by molar-refractivity contribution is 0.623. The van der Waals surface area contributed by atoms with Gasteiger partial charge in [-0.05, 0) is 87.9 Å². The van der Waals surface area contributed by atoms with Crippen molar-refractivity contribution in [1.29, 1.82) is 0 Å². The van der Waals surface area contributed by atoms with Gasteiger partial charge in [-0.25, -0.2) is 4.98 Å². The van der Waals surface area contributed by atoms with E-state index in [4.69, 9.17) is 13.8 Å². The number of anilines is 3. The molecule has 0 fully saturated rings. The van der Waals surface area contributed by atoms with Crippen molar-refractivity contribution in [1.82, 2.24) is 4.98 Å². The first-order chi connectivity index (χ1) is 27.3. The van der Waals surface area contributed by atoms with Crippen molar-refractivity contribution in [2.45, 2.75) is 0 Å². The van der Waals surface area contributed by atoms with Gasteiger partial charge in [0, 0.05) is 44.2 Å². The molecule has 11 aromatic rings. The molecule has 0 bridgehead atoms. The van der Waals surface area contributed by atoms with Crippen LogP contribution in [0.15, 0.2) is 203 Å². The molecule has 0 saturated carbocycles. The highest BCUT2D eigenvalue weighted by molar-refractivity contribution is 6.22. The number of benzene rings is 9. The average Bonchev–Trinajstić information content (AvgIpc) is 3.87. The third-order valence-corrected chi connectivity index (χ3v) is 10.7. The van der Waals surface area contributed by atoms with Crippen molar-refractivity contribution in [3.05, 3.63) is 194 Å². The quantitative estimate of drug-likeness (QED) is 0.162. The van der Waals surface area contributed by atoms with Crippen molar-refractivity contribution < 1.29 is 8.83 Å². The standard InChI is InChI=1S/C51H32N2O2/c1-4-15-33(16-5-1)43-31-35-27-30-45-50(55-51(52-45)34-17-6-2-7-18-34)48(35)44-32-37(28-29-38(43)44)53(36-19-8-3-9-20-36)46-25-12-10-21-39(46)41-23-14-24-42-40-22-11-13-26-47(40)54-49(41)42/h1-32H. The van der Waals surface area contributed by atoms with E-state index < -0.39 is 0 Å². The minimum atomic E-state index is 0.610. The van der Waals surface area contributed by atoms with Gasteiger partial charge < -0.3 is 13.7 Å². The summed E-state index contributed by atoms with van der Waals surface area (Å²) in [7, 11) is 0. The predicted octanol–water partition coefficient (Wildman–Crippen LogP) is 14.5. The largest absolute Gasteiger partial charge is 0.455 e. The maximum absolute atomic E-state index is 6.70. The van der Waals surface area contributed by atoms with Crippen LogP contribution < -0.4 is 4.90 Å². The first-order valence-corrected chi connectivity index (χ1v) is 18.5. The Kier molecular flexibility index (Phi) is 7.14. The van der Waals surface area contributed by atoms with Crippen molar-refractivity contribution in [2.24, 2.45) is 0 Å². The summed E-state index contributed by atoms with van der Waals surface area (Å²) in [5, 5.41) is 6.58. The molecule has 11 rings (SSSR count). The summed E-state index contributed by atoms with van der Waals surface area (Å²) in [6.45, 7) is 0. The zero-order valence-electron chi connectivity index (χ0n) is 29.7. The number of oxazole rings is 1. The molecule has 55 heavy (non-hydrogen) atoms. The molecule has 0 unspecified atom stereocenters. The lowest BCUT2D eigenvalue weighted by Crippen LogP contribution is -2.11. The molecule has 258 valence electrons. The normalized spacial score (nSPS) is 11.6. The second-order valence-electron chi connectivity index (χ2n) is 13.9. The highest BCUT2D eigenvalue weighted by atomic mass is 16.3. The van der Waals surface area contributed by atoms with Gasteiger partial charge in [-0.3, -0.25) is 0 Å². The van der Waals surface area contributed by atoms with Gasteiger partial charge in [0.25, 0.3) is 0 Å². The molecule has 4 heteroatoms. The van der Waals surface area contributed by atoms with Crippen LogP contribution in [0.5, 0.6) is 0 Å². The first kappa shape index (κ1) is 31.1. The predicted molar refractivity (Wildman–Crippen MR) is 227 cm³/mol. The van der Waals surface area contributed by atoms with Crippen LogP contribution in [0.25, 0.3) is 88.3 Å². The number of hydrogen-bond acceptors (Lipinski definition) is 4. The van der Waals surface area contributed by atoms with Crippen molar-refractivity contribution in [2.75, 3.05) is 4.90 Å². The van der Waals surface area contributed by atoms with E-state index >= 15 is 0 Å². The maximum Gasteiger partial charge on any atom is 0.227 e. The molecule has 4 nitrogen and oxygen atoms in total. The highest BCUT2D eigenvalue weighted by Crippen LogP contribution is 2.47. The van der Waals surface area contributed by atoms with Gasteiger partial charge in [-0.1, -0.05) is 133 Å². The minimum absolute atomic E-state index is 0.610. The molecule has 2 aromatic heterocycles. The second kappa shape index (κ2) is 12.6. The Labute approximate surface area is 317 Å². The fourth-order valence-electron chi connectivity index (χ4n) is 8.17. The molecule has 0 radical (unpaired) electrons. The Morgan fingerprint density at radius 1 is 0.400 bits per heavy atom. The third-order valence-electron chi connectivity index (χ3n) is 10.7. The molecular formula is C51H32N2O2. The molecular weight excluding hydrogens is 673 g/mol. The number of hydrogen-bond donors (Lipinski definition) is 0. The molecule has 0 saturated heterocycles. The smallest absolute Gasteiger partial charge is 0.227 e. The van der Waals surface area contributed by atoms with Gasteiger partial charge in [-0.2, -0.15) is 0 Å². The lowest BCUT2D eigenvalue weighted by atomic mass is 9.92. The van der Waals surface area contributed by atoms with Crippen LogP contribution in [0, 0.1) is 0 Å². The summed E-state index contributed by atoms with van der Waals surface area (Å²) in [6.07, 6.45) is 0. The van der Waals surface area contributed by atoms with Crippen molar-refractivity contribution >= 4 is 71.6 Å². The van der Waals surface area contributed by atoms with Gasteiger partial charge in [-0.15, -0.1) is 0 Å². The molecule has 0 N–H and O–H groups in total. The number of nitrogens with zero attached hydrogens (tertiary/aromatic N) is 2. The zero-order chi connectivity index (χ0) is 36.3. The third kappa shape index (κ3) is 5.11. The van der Waals surface area contributed by atoms with Gasteiger partial charge >= 0.3 is 0 Å².